The third kappa shape index (κ3) is 4.13. The number of ether oxygens (including phenoxy) is 1. The highest BCUT2D eigenvalue weighted by Gasteiger charge is 2.17. The summed E-state index contributed by atoms with van der Waals surface area (Å²) in [6, 6.07) is 6.00. The lowest BCUT2D eigenvalue weighted by Gasteiger charge is -2.24. The molecule has 1 unspecified atom stereocenters. The summed E-state index contributed by atoms with van der Waals surface area (Å²) in [7, 11) is 0. The SMILES string of the molecule is CCNC(Cc1ccc(Cl)c(Cl)c1)C1=CCCCO1. The van der Waals surface area contributed by atoms with Crippen LogP contribution < -0.4 is 5.32 Å². The Morgan fingerprint density at radius 2 is 2.16 bits per heavy atom. The number of benzene rings is 1. The van der Waals surface area contributed by atoms with E-state index in [4.69, 9.17) is 27.9 Å². The van der Waals surface area contributed by atoms with Gasteiger partial charge in [0.2, 0.25) is 0 Å². The van der Waals surface area contributed by atoms with E-state index in [1.807, 2.05) is 18.2 Å². The van der Waals surface area contributed by atoms with Gasteiger partial charge in [-0.3, -0.25) is 0 Å². The highest BCUT2D eigenvalue weighted by Crippen LogP contribution is 2.24. The average molecular weight is 300 g/mol. The summed E-state index contributed by atoms with van der Waals surface area (Å²) in [4.78, 5) is 0. The summed E-state index contributed by atoms with van der Waals surface area (Å²) in [6.45, 7) is 3.83. The van der Waals surface area contributed by atoms with Crippen LogP contribution in [-0.2, 0) is 11.2 Å². The molecule has 2 rings (SSSR count). The lowest BCUT2D eigenvalue weighted by molar-refractivity contribution is 0.167. The fraction of sp³-hybridized carbons (Fsp3) is 0.467. The maximum Gasteiger partial charge on any atom is 0.109 e. The molecule has 0 aliphatic carbocycles. The van der Waals surface area contributed by atoms with Crippen molar-refractivity contribution in [2.75, 3.05) is 13.2 Å². The Hall–Kier alpha value is -0.700. The Balaban J connectivity index is 2.11. The van der Waals surface area contributed by atoms with Gasteiger partial charge < -0.3 is 10.1 Å². The Labute approximate surface area is 124 Å². The number of allylic oxidation sites excluding steroid dienone is 1. The van der Waals surface area contributed by atoms with E-state index in [0.29, 0.717) is 10.0 Å². The van der Waals surface area contributed by atoms with E-state index in [9.17, 15) is 0 Å². The first kappa shape index (κ1) is 14.7. The van der Waals surface area contributed by atoms with Crippen LogP contribution in [0.15, 0.2) is 30.0 Å². The standard InChI is InChI=1S/C15H19Cl2NO/c1-2-18-14(15-5-3-4-8-19-15)10-11-6-7-12(16)13(17)9-11/h5-7,9,14,18H,2-4,8,10H2,1H3. The molecule has 0 aromatic heterocycles. The topological polar surface area (TPSA) is 21.3 Å². The molecule has 0 saturated carbocycles. The van der Waals surface area contributed by atoms with Crippen molar-refractivity contribution in [3.63, 3.8) is 0 Å². The molecule has 1 aromatic carbocycles. The average Bonchev–Trinajstić information content (AvgIpc) is 2.43. The second-order valence-electron chi connectivity index (χ2n) is 4.66. The summed E-state index contributed by atoms with van der Waals surface area (Å²) >= 11 is 12.0. The van der Waals surface area contributed by atoms with Gasteiger partial charge in [0.1, 0.15) is 5.76 Å². The van der Waals surface area contributed by atoms with Gasteiger partial charge >= 0.3 is 0 Å². The molecule has 1 atom stereocenters. The first-order valence-electron chi connectivity index (χ1n) is 6.71. The molecule has 0 saturated heterocycles. The molecular weight excluding hydrogens is 281 g/mol. The van der Waals surface area contributed by atoms with Gasteiger partial charge in [0.05, 0.1) is 22.7 Å². The number of hydrogen-bond donors (Lipinski definition) is 1. The van der Waals surface area contributed by atoms with Gasteiger partial charge in [0.15, 0.2) is 0 Å². The molecule has 0 amide bonds. The zero-order valence-electron chi connectivity index (χ0n) is 11.1. The number of nitrogens with one attached hydrogen (secondary N) is 1. The zero-order valence-corrected chi connectivity index (χ0v) is 12.6. The van der Waals surface area contributed by atoms with Crippen molar-refractivity contribution in [3.05, 3.63) is 45.6 Å². The van der Waals surface area contributed by atoms with Crippen LogP contribution in [0.3, 0.4) is 0 Å². The van der Waals surface area contributed by atoms with Crippen LogP contribution in [0.5, 0.6) is 0 Å². The summed E-state index contributed by atoms with van der Waals surface area (Å²) in [5.41, 5.74) is 1.16. The molecule has 0 radical (unpaired) electrons. The molecule has 1 N–H and O–H groups in total. The van der Waals surface area contributed by atoms with E-state index >= 15 is 0 Å². The number of halogens is 2. The smallest absolute Gasteiger partial charge is 0.109 e. The van der Waals surface area contributed by atoms with Gasteiger partial charge in [-0.05, 0) is 49.6 Å². The van der Waals surface area contributed by atoms with Crippen LogP contribution >= 0.6 is 23.2 Å². The minimum Gasteiger partial charge on any atom is -0.497 e. The second-order valence-corrected chi connectivity index (χ2v) is 5.47. The molecule has 104 valence electrons. The van der Waals surface area contributed by atoms with E-state index in [-0.39, 0.29) is 6.04 Å². The van der Waals surface area contributed by atoms with Crippen LogP contribution in [-0.4, -0.2) is 19.2 Å². The van der Waals surface area contributed by atoms with Crippen molar-refractivity contribution >= 4 is 23.2 Å². The van der Waals surface area contributed by atoms with E-state index in [0.717, 1.165) is 43.7 Å². The fourth-order valence-electron chi connectivity index (χ4n) is 2.24. The number of likely N-dealkylation sites (N-methyl/N-ethyl adjacent to an activating group) is 1. The second kappa shape index (κ2) is 7.18. The minimum absolute atomic E-state index is 0.211. The molecule has 1 aromatic rings. The summed E-state index contributed by atoms with van der Waals surface area (Å²) < 4.78 is 5.76. The zero-order chi connectivity index (χ0) is 13.7. The molecule has 2 nitrogen and oxygen atoms in total. The van der Waals surface area contributed by atoms with Crippen LogP contribution in [0, 0.1) is 0 Å². The lowest BCUT2D eigenvalue weighted by atomic mass is 10.0. The molecule has 19 heavy (non-hydrogen) atoms. The normalized spacial score (nSPS) is 16.7. The van der Waals surface area contributed by atoms with E-state index in [2.05, 4.69) is 18.3 Å². The van der Waals surface area contributed by atoms with Gasteiger partial charge in [-0.2, -0.15) is 0 Å². The summed E-state index contributed by atoms with van der Waals surface area (Å²) in [5.74, 6) is 1.05. The van der Waals surface area contributed by atoms with Crippen LogP contribution in [0.4, 0.5) is 0 Å². The fourth-order valence-corrected chi connectivity index (χ4v) is 2.56. The summed E-state index contributed by atoms with van der Waals surface area (Å²) in [6.07, 6.45) is 5.25. The monoisotopic (exact) mass is 299 g/mol. The predicted molar refractivity (Wildman–Crippen MR) is 80.9 cm³/mol. The highest BCUT2D eigenvalue weighted by atomic mass is 35.5. The largest absolute Gasteiger partial charge is 0.497 e. The van der Waals surface area contributed by atoms with E-state index in [1.165, 1.54) is 0 Å². The highest BCUT2D eigenvalue weighted by molar-refractivity contribution is 6.42. The van der Waals surface area contributed by atoms with Crippen LogP contribution in [0.1, 0.15) is 25.3 Å². The maximum atomic E-state index is 6.06. The van der Waals surface area contributed by atoms with Gasteiger partial charge in [0, 0.05) is 0 Å². The van der Waals surface area contributed by atoms with Gasteiger partial charge in [0.25, 0.3) is 0 Å². The molecule has 0 spiro atoms. The number of rotatable bonds is 5. The van der Waals surface area contributed by atoms with E-state index in [1.54, 1.807) is 0 Å². The Kier molecular flexibility index (Phi) is 5.56. The van der Waals surface area contributed by atoms with Crippen molar-refractivity contribution in [2.45, 2.75) is 32.2 Å². The Morgan fingerprint density at radius 1 is 1.32 bits per heavy atom. The van der Waals surface area contributed by atoms with Crippen molar-refractivity contribution < 1.29 is 4.74 Å². The van der Waals surface area contributed by atoms with Gasteiger partial charge in [-0.25, -0.2) is 0 Å². The molecule has 1 aliphatic heterocycles. The molecule has 1 heterocycles. The first-order chi connectivity index (χ1) is 9.20. The Morgan fingerprint density at radius 3 is 2.79 bits per heavy atom. The van der Waals surface area contributed by atoms with Crippen LogP contribution in [0.2, 0.25) is 10.0 Å². The molecule has 1 aliphatic rings. The van der Waals surface area contributed by atoms with Crippen molar-refractivity contribution in [1.29, 1.82) is 0 Å². The van der Waals surface area contributed by atoms with Gasteiger partial charge in [-0.15, -0.1) is 0 Å². The lowest BCUT2D eigenvalue weighted by Crippen LogP contribution is -2.34. The number of hydrogen-bond acceptors (Lipinski definition) is 2. The van der Waals surface area contributed by atoms with Gasteiger partial charge in [-0.1, -0.05) is 36.2 Å². The van der Waals surface area contributed by atoms with Crippen molar-refractivity contribution in [3.8, 4) is 0 Å². The quantitative estimate of drug-likeness (QED) is 0.879. The van der Waals surface area contributed by atoms with Crippen molar-refractivity contribution in [2.24, 2.45) is 0 Å². The summed E-state index contributed by atoms with van der Waals surface area (Å²) in [5, 5.41) is 4.67. The third-order valence-corrected chi connectivity index (χ3v) is 3.92. The molecule has 0 bridgehead atoms. The van der Waals surface area contributed by atoms with E-state index < -0.39 is 0 Å². The first-order valence-corrected chi connectivity index (χ1v) is 7.46. The molecular formula is C15H19Cl2NO. The van der Waals surface area contributed by atoms with Crippen LogP contribution in [0.25, 0.3) is 0 Å². The third-order valence-electron chi connectivity index (χ3n) is 3.18. The Bertz CT molecular complexity index is 459. The predicted octanol–water partition coefficient (Wildman–Crippen LogP) is 4.21. The molecule has 4 heteroatoms. The maximum absolute atomic E-state index is 6.06. The molecule has 0 fully saturated rings. The van der Waals surface area contributed by atoms with Crippen molar-refractivity contribution in [1.82, 2.24) is 5.32 Å². The minimum atomic E-state index is 0.211.